The van der Waals surface area contributed by atoms with Crippen LogP contribution in [0.25, 0.3) is 5.82 Å². The maximum atomic E-state index is 13.6. The quantitative estimate of drug-likeness (QED) is 0.433. The van der Waals surface area contributed by atoms with Crippen LogP contribution >= 0.6 is 0 Å². The summed E-state index contributed by atoms with van der Waals surface area (Å²) in [4.78, 5) is 21.0. The molecule has 2 heterocycles. The van der Waals surface area contributed by atoms with Crippen molar-refractivity contribution in [3.63, 3.8) is 0 Å². The molecule has 31 heavy (non-hydrogen) atoms. The molecule has 156 valence electrons. The number of aryl methyl sites for hydroxylation is 1. The monoisotopic (exact) mass is 417 g/mol. The second-order valence-electron chi connectivity index (χ2n) is 6.80. The summed E-state index contributed by atoms with van der Waals surface area (Å²) in [5, 5.41) is 12.8. The maximum absolute atomic E-state index is 13.6. The fourth-order valence-corrected chi connectivity index (χ4v) is 2.95. The molecule has 0 atom stereocenters. The summed E-state index contributed by atoms with van der Waals surface area (Å²) < 4.78 is 15.3. The number of nitrogens with one attached hydrogen (secondary N) is 3. The SMILES string of the molecule is Cc1nc(Nc2ccc(NC(=O)Nc3cccc(F)c3C)cc2)cc(-n2cccn2)n1. The molecule has 0 aliphatic rings. The molecular weight excluding hydrogens is 397 g/mol. The summed E-state index contributed by atoms with van der Waals surface area (Å²) in [5.74, 6) is 1.52. The zero-order valence-electron chi connectivity index (χ0n) is 16.9. The van der Waals surface area contributed by atoms with Gasteiger partial charge in [0.05, 0.1) is 0 Å². The Morgan fingerprint density at radius 3 is 2.48 bits per heavy atom. The molecule has 4 aromatic rings. The largest absolute Gasteiger partial charge is 0.340 e. The third-order valence-electron chi connectivity index (χ3n) is 4.49. The average molecular weight is 417 g/mol. The van der Waals surface area contributed by atoms with Gasteiger partial charge in [-0.1, -0.05) is 6.07 Å². The molecule has 8 nitrogen and oxygen atoms in total. The molecule has 0 aliphatic carbocycles. The van der Waals surface area contributed by atoms with Gasteiger partial charge in [-0.25, -0.2) is 23.8 Å². The Hall–Kier alpha value is -4.27. The van der Waals surface area contributed by atoms with Crippen molar-refractivity contribution in [1.29, 1.82) is 0 Å². The number of hydrogen-bond donors (Lipinski definition) is 3. The average Bonchev–Trinajstić information content (AvgIpc) is 3.27. The highest BCUT2D eigenvalue weighted by Crippen LogP contribution is 2.21. The van der Waals surface area contributed by atoms with Crippen molar-refractivity contribution in [2.75, 3.05) is 16.0 Å². The zero-order chi connectivity index (χ0) is 21.8. The standard InChI is InChI=1S/C22H20FN7O/c1-14-18(23)5-3-6-19(14)29-22(31)28-17-9-7-16(8-10-17)27-20-13-21(26-15(2)25-20)30-12-4-11-24-30/h3-13H,1-2H3,(H,25,26,27)(H2,28,29,31). The lowest BCUT2D eigenvalue weighted by Gasteiger charge is -2.12. The first kappa shape index (κ1) is 20.0. The van der Waals surface area contributed by atoms with Gasteiger partial charge in [0.2, 0.25) is 0 Å². The fraction of sp³-hybridized carbons (Fsp3) is 0.0909. The first-order valence-corrected chi connectivity index (χ1v) is 9.54. The Labute approximate surface area is 178 Å². The molecule has 0 aliphatic heterocycles. The second kappa shape index (κ2) is 8.62. The summed E-state index contributed by atoms with van der Waals surface area (Å²) >= 11 is 0. The lowest BCUT2D eigenvalue weighted by atomic mass is 10.2. The summed E-state index contributed by atoms with van der Waals surface area (Å²) in [6.45, 7) is 3.42. The van der Waals surface area contributed by atoms with E-state index in [4.69, 9.17) is 0 Å². The Balaban J connectivity index is 1.42. The van der Waals surface area contributed by atoms with Gasteiger partial charge in [-0.05, 0) is 56.3 Å². The predicted octanol–water partition coefficient (Wildman–Crippen LogP) is 4.81. The number of carbonyl (C=O) groups is 1. The molecule has 0 radical (unpaired) electrons. The van der Waals surface area contributed by atoms with Crippen LogP contribution in [-0.2, 0) is 0 Å². The Kier molecular flexibility index (Phi) is 5.57. The second-order valence-corrected chi connectivity index (χ2v) is 6.80. The van der Waals surface area contributed by atoms with Crippen LogP contribution in [0.1, 0.15) is 11.4 Å². The van der Waals surface area contributed by atoms with Crippen LogP contribution in [0.5, 0.6) is 0 Å². The molecule has 2 aromatic carbocycles. The summed E-state index contributed by atoms with van der Waals surface area (Å²) in [6.07, 6.45) is 3.49. The van der Waals surface area contributed by atoms with Gasteiger partial charge in [-0.15, -0.1) is 0 Å². The van der Waals surface area contributed by atoms with Crippen molar-refractivity contribution in [1.82, 2.24) is 19.7 Å². The number of anilines is 4. The Bertz CT molecular complexity index is 1210. The minimum atomic E-state index is -0.454. The van der Waals surface area contributed by atoms with E-state index in [-0.39, 0.29) is 5.82 Å². The van der Waals surface area contributed by atoms with Gasteiger partial charge in [0.25, 0.3) is 0 Å². The molecule has 3 N–H and O–H groups in total. The number of benzene rings is 2. The van der Waals surface area contributed by atoms with E-state index in [2.05, 4.69) is 31.0 Å². The molecule has 0 saturated heterocycles. The van der Waals surface area contributed by atoms with E-state index in [9.17, 15) is 9.18 Å². The summed E-state index contributed by atoms with van der Waals surface area (Å²) in [7, 11) is 0. The van der Waals surface area contributed by atoms with E-state index in [0.717, 1.165) is 5.69 Å². The molecule has 0 spiro atoms. The fourth-order valence-electron chi connectivity index (χ4n) is 2.95. The van der Waals surface area contributed by atoms with Crippen molar-refractivity contribution in [2.45, 2.75) is 13.8 Å². The number of urea groups is 1. The van der Waals surface area contributed by atoms with Crippen LogP contribution in [0.4, 0.5) is 32.1 Å². The van der Waals surface area contributed by atoms with Crippen LogP contribution in [0, 0.1) is 19.7 Å². The van der Waals surface area contributed by atoms with Crippen LogP contribution in [0.15, 0.2) is 67.0 Å². The van der Waals surface area contributed by atoms with Crippen LogP contribution in [-0.4, -0.2) is 25.8 Å². The Morgan fingerprint density at radius 1 is 0.968 bits per heavy atom. The molecule has 9 heteroatoms. The summed E-state index contributed by atoms with van der Waals surface area (Å²) in [5.41, 5.74) is 2.18. The predicted molar refractivity (Wildman–Crippen MR) is 117 cm³/mol. The minimum Gasteiger partial charge on any atom is -0.340 e. The van der Waals surface area contributed by atoms with E-state index in [1.165, 1.54) is 6.07 Å². The lowest BCUT2D eigenvalue weighted by Crippen LogP contribution is -2.20. The molecule has 0 unspecified atom stereocenters. The highest BCUT2D eigenvalue weighted by atomic mass is 19.1. The zero-order valence-corrected chi connectivity index (χ0v) is 16.9. The third kappa shape index (κ3) is 4.84. The highest BCUT2D eigenvalue weighted by Gasteiger charge is 2.08. The van der Waals surface area contributed by atoms with Gasteiger partial charge >= 0.3 is 6.03 Å². The molecule has 0 saturated carbocycles. The first-order chi connectivity index (χ1) is 15.0. The number of hydrogen-bond acceptors (Lipinski definition) is 5. The Morgan fingerprint density at radius 2 is 1.74 bits per heavy atom. The lowest BCUT2D eigenvalue weighted by molar-refractivity contribution is 0.262. The topological polar surface area (TPSA) is 96.8 Å². The molecule has 0 bridgehead atoms. The molecule has 4 rings (SSSR count). The van der Waals surface area contributed by atoms with Gasteiger partial charge in [0.15, 0.2) is 5.82 Å². The van der Waals surface area contributed by atoms with Crippen molar-refractivity contribution in [2.24, 2.45) is 0 Å². The van der Waals surface area contributed by atoms with Crippen molar-refractivity contribution in [3.8, 4) is 5.82 Å². The maximum Gasteiger partial charge on any atom is 0.323 e. The van der Waals surface area contributed by atoms with Crippen molar-refractivity contribution in [3.05, 3.63) is 84.2 Å². The van der Waals surface area contributed by atoms with Crippen LogP contribution in [0.2, 0.25) is 0 Å². The third-order valence-corrected chi connectivity index (χ3v) is 4.49. The van der Waals surface area contributed by atoms with Gasteiger partial charge in [0, 0.05) is 41.1 Å². The van der Waals surface area contributed by atoms with E-state index >= 15 is 0 Å². The van der Waals surface area contributed by atoms with E-state index in [0.29, 0.717) is 34.4 Å². The molecule has 2 aromatic heterocycles. The van der Waals surface area contributed by atoms with Crippen molar-refractivity contribution < 1.29 is 9.18 Å². The first-order valence-electron chi connectivity index (χ1n) is 9.54. The number of nitrogens with zero attached hydrogens (tertiary/aromatic N) is 4. The molecular formula is C22H20FN7O. The van der Waals surface area contributed by atoms with Gasteiger partial charge in [0.1, 0.15) is 17.5 Å². The number of amides is 2. The number of rotatable bonds is 5. The van der Waals surface area contributed by atoms with Crippen LogP contribution in [0.3, 0.4) is 0 Å². The number of halogens is 1. The normalized spacial score (nSPS) is 10.5. The van der Waals surface area contributed by atoms with Gasteiger partial charge < -0.3 is 16.0 Å². The smallest absolute Gasteiger partial charge is 0.323 e. The molecule has 0 fully saturated rings. The van der Waals surface area contributed by atoms with Crippen molar-refractivity contribution >= 4 is 28.9 Å². The molecule has 2 amide bonds. The minimum absolute atomic E-state index is 0.371. The van der Waals surface area contributed by atoms with E-state index in [1.807, 2.05) is 31.3 Å². The van der Waals surface area contributed by atoms with E-state index < -0.39 is 6.03 Å². The summed E-state index contributed by atoms with van der Waals surface area (Å²) in [6, 6.07) is 14.8. The highest BCUT2D eigenvalue weighted by molar-refractivity contribution is 6.00. The van der Waals surface area contributed by atoms with Gasteiger partial charge in [-0.3, -0.25) is 0 Å². The van der Waals surface area contributed by atoms with E-state index in [1.54, 1.807) is 48.1 Å². The van der Waals surface area contributed by atoms with Gasteiger partial charge in [-0.2, -0.15) is 5.10 Å². The van der Waals surface area contributed by atoms with Crippen LogP contribution < -0.4 is 16.0 Å². The number of carbonyl (C=O) groups excluding carboxylic acids is 1. The number of aromatic nitrogens is 4.